The monoisotopic (exact) mass is 328 g/mol. The molecule has 1 aromatic rings. The van der Waals surface area contributed by atoms with Crippen LogP contribution in [-0.4, -0.2) is 20.0 Å². The zero-order valence-electron chi connectivity index (χ0n) is 12.8. The molecule has 118 valence electrons. The van der Waals surface area contributed by atoms with Gasteiger partial charge < -0.3 is 5.73 Å². The number of rotatable bonds is 8. The normalized spacial score (nSPS) is 11.8. The summed E-state index contributed by atoms with van der Waals surface area (Å²) in [5, 5.41) is 0. The Balaban J connectivity index is 2.68. The molecule has 6 heteroatoms. The highest BCUT2D eigenvalue weighted by molar-refractivity contribution is 7.89. The Morgan fingerprint density at radius 1 is 1.33 bits per heavy atom. The summed E-state index contributed by atoms with van der Waals surface area (Å²) in [6.45, 7) is 6.54. The number of thiocarbonyl (C=S) groups is 1. The molecule has 0 aromatic heterocycles. The average molecular weight is 329 g/mol. The first-order chi connectivity index (χ1) is 9.74. The van der Waals surface area contributed by atoms with E-state index in [1.54, 1.807) is 25.1 Å². The van der Waals surface area contributed by atoms with Crippen LogP contribution in [-0.2, 0) is 10.0 Å². The van der Waals surface area contributed by atoms with Crippen molar-refractivity contribution in [3.05, 3.63) is 29.3 Å². The van der Waals surface area contributed by atoms with E-state index in [0.29, 0.717) is 23.6 Å². The van der Waals surface area contributed by atoms with Crippen LogP contribution in [0.25, 0.3) is 0 Å². The molecule has 0 saturated heterocycles. The van der Waals surface area contributed by atoms with E-state index >= 15 is 0 Å². The van der Waals surface area contributed by atoms with Crippen molar-refractivity contribution >= 4 is 27.2 Å². The zero-order valence-corrected chi connectivity index (χ0v) is 14.5. The highest BCUT2D eigenvalue weighted by Gasteiger charge is 2.16. The Labute approximate surface area is 133 Å². The molecule has 0 heterocycles. The third-order valence-corrected chi connectivity index (χ3v) is 5.11. The molecule has 21 heavy (non-hydrogen) atoms. The molecule has 0 atom stereocenters. The van der Waals surface area contributed by atoms with Gasteiger partial charge in [-0.25, -0.2) is 13.1 Å². The maximum absolute atomic E-state index is 12.3. The predicted octanol–water partition coefficient (Wildman–Crippen LogP) is 2.73. The first kappa shape index (κ1) is 18.1. The summed E-state index contributed by atoms with van der Waals surface area (Å²) in [6.07, 6.45) is 2.99. The number of benzene rings is 1. The smallest absolute Gasteiger partial charge is 0.240 e. The second-order valence-corrected chi connectivity index (χ2v) is 7.81. The van der Waals surface area contributed by atoms with Gasteiger partial charge in [-0.3, -0.25) is 0 Å². The summed E-state index contributed by atoms with van der Waals surface area (Å²) in [6, 6.07) is 4.90. The van der Waals surface area contributed by atoms with Gasteiger partial charge in [-0.15, -0.1) is 0 Å². The lowest BCUT2D eigenvalue weighted by molar-refractivity contribution is 0.530. The van der Waals surface area contributed by atoms with E-state index in [9.17, 15) is 8.42 Å². The number of aryl methyl sites for hydroxylation is 1. The Hall–Kier alpha value is -0.980. The number of unbranched alkanes of at least 4 members (excludes halogenated alkanes) is 1. The van der Waals surface area contributed by atoms with Crippen molar-refractivity contribution in [3.8, 4) is 0 Å². The fraction of sp³-hybridized carbons (Fsp3) is 0.533. The maximum Gasteiger partial charge on any atom is 0.240 e. The van der Waals surface area contributed by atoms with Crippen molar-refractivity contribution in [1.29, 1.82) is 0 Å². The van der Waals surface area contributed by atoms with Gasteiger partial charge in [-0.2, -0.15) is 0 Å². The van der Waals surface area contributed by atoms with E-state index in [1.165, 1.54) is 0 Å². The zero-order chi connectivity index (χ0) is 16.0. The summed E-state index contributed by atoms with van der Waals surface area (Å²) in [5.41, 5.74) is 6.87. The van der Waals surface area contributed by atoms with Gasteiger partial charge in [0.15, 0.2) is 0 Å². The summed E-state index contributed by atoms with van der Waals surface area (Å²) in [4.78, 5) is 0.551. The quantitative estimate of drug-likeness (QED) is 0.568. The lowest BCUT2D eigenvalue weighted by Crippen LogP contribution is -2.25. The molecule has 0 aliphatic carbocycles. The summed E-state index contributed by atoms with van der Waals surface area (Å²) >= 11 is 4.89. The van der Waals surface area contributed by atoms with E-state index < -0.39 is 10.0 Å². The summed E-state index contributed by atoms with van der Waals surface area (Å²) in [5.74, 6) is 0.650. The minimum atomic E-state index is -3.47. The van der Waals surface area contributed by atoms with Crippen molar-refractivity contribution in [2.75, 3.05) is 6.54 Å². The number of nitrogens with two attached hydrogens (primary N) is 1. The fourth-order valence-corrected chi connectivity index (χ4v) is 3.49. The van der Waals surface area contributed by atoms with Crippen LogP contribution in [0.3, 0.4) is 0 Å². The molecule has 0 saturated carbocycles. The van der Waals surface area contributed by atoms with Crippen molar-refractivity contribution in [3.63, 3.8) is 0 Å². The van der Waals surface area contributed by atoms with Gasteiger partial charge in [-0.1, -0.05) is 45.0 Å². The molecule has 0 radical (unpaired) electrons. The Morgan fingerprint density at radius 3 is 2.52 bits per heavy atom. The molecule has 0 fully saturated rings. The molecule has 0 aliphatic rings. The van der Waals surface area contributed by atoms with Crippen LogP contribution >= 0.6 is 12.2 Å². The molecule has 1 aromatic carbocycles. The topological polar surface area (TPSA) is 72.2 Å². The van der Waals surface area contributed by atoms with Gasteiger partial charge in [0.05, 0.1) is 4.90 Å². The van der Waals surface area contributed by atoms with Crippen LogP contribution < -0.4 is 10.5 Å². The SMILES string of the molecule is Cc1cc(C(N)=S)ccc1S(=O)(=O)NCCCCC(C)C. The standard InChI is InChI=1S/C15H24N2O2S2/c1-11(2)6-4-5-9-17-21(18,19)14-8-7-13(15(16)20)10-12(14)3/h7-8,10-11,17H,4-6,9H2,1-3H3,(H2,16,20). The van der Waals surface area contributed by atoms with Gasteiger partial charge in [0.25, 0.3) is 0 Å². The first-order valence-corrected chi connectivity index (χ1v) is 9.03. The molecule has 1 rings (SSSR count). The Morgan fingerprint density at radius 2 is 2.00 bits per heavy atom. The number of hydrogen-bond acceptors (Lipinski definition) is 3. The van der Waals surface area contributed by atoms with Crippen molar-refractivity contribution in [1.82, 2.24) is 4.72 Å². The average Bonchev–Trinajstić information content (AvgIpc) is 2.37. The molecule has 0 unspecified atom stereocenters. The summed E-state index contributed by atoms with van der Waals surface area (Å²) in [7, 11) is -3.47. The molecule has 4 nitrogen and oxygen atoms in total. The molecule has 3 N–H and O–H groups in total. The number of nitrogens with one attached hydrogen (secondary N) is 1. The highest BCUT2D eigenvalue weighted by atomic mass is 32.2. The van der Waals surface area contributed by atoms with Crippen LogP contribution in [0.2, 0.25) is 0 Å². The van der Waals surface area contributed by atoms with Crippen molar-refractivity contribution < 1.29 is 8.42 Å². The summed E-state index contributed by atoms with van der Waals surface area (Å²) < 4.78 is 27.2. The minimum absolute atomic E-state index is 0.267. The third kappa shape index (κ3) is 5.73. The first-order valence-electron chi connectivity index (χ1n) is 7.14. The maximum atomic E-state index is 12.3. The van der Waals surface area contributed by atoms with Gasteiger partial charge >= 0.3 is 0 Å². The van der Waals surface area contributed by atoms with E-state index in [0.717, 1.165) is 19.3 Å². The number of hydrogen-bond donors (Lipinski definition) is 2. The van der Waals surface area contributed by atoms with Gasteiger partial charge in [0, 0.05) is 12.1 Å². The van der Waals surface area contributed by atoms with Gasteiger partial charge in [0.1, 0.15) is 4.99 Å². The van der Waals surface area contributed by atoms with Gasteiger partial charge in [0.2, 0.25) is 10.0 Å². The fourth-order valence-electron chi connectivity index (χ4n) is 2.07. The van der Waals surface area contributed by atoms with E-state index in [1.807, 2.05) is 0 Å². The highest BCUT2D eigenvalue weighted by Crippen LogP contribution is 2.17. The van der Waals surface area contributed by atoms with Gasteiger partial charge in [-0.05, 0) is 37.0 Å². The van der Waals surface area contributed by atoms with Crippen LogP contribution in [0.4, 0.5) is 0 Å². The van der Waals surface area contributed by atoms with Crippen LogP contribution in [0, 0.1) is 12.8 Å². The van der Waals surface area contributed by atoms with E-state index in [-0.39, 0.29) is 9.88 Å². The van der Waals surface area contributed by atoms with Crippen molar-refractivity contribution in [2.24, 2.45) is 11.7 Å². The second kappa shape index (κ2) is 7.87. The molecule has 0 spiro atoms. The molecular weight excluding hydrogens is 304 g/mol. The van der Waals surface area contributed by atoms with Crippen molar-refractivity contribution in [2.45, 2.75) is 44.9 Å². The molecule has 0 amide bonds. The molecular formula is C15H24N2O2S2. The largest absolute Gasteiger partial charge is 0.389 e. The van der Waals surface area contributed by atoms with Crippen LogP contribution in [0.5, 0.6) is 0 Å². The minimum Gasteiger partial charge on any atom is -0.389 e. The lowest BCUT2D eigenvalue weighted by atomic mass is 10.1. The lowest BCUT2D eigenvalue weighted by Gasteiger charge is -2.11. The van der Waals surface area contributed by atoms with Crippen LogP contribution in [0.15, 0.2) is 23.1 Å². The molecule has 0 aliphatic heterocycles. The van der Waals surface area contributed by atoms with E-state index in [2.05, 4.69) is 18.6 Å². The van der Waals surface area contributed by atoms with Crippen LogP contribution in [0.1, 0.15) is 44.2 Å². The van der Waals surface area contributed by atoms with E-state index in [4.69, 9.17) is 18.0 Å². The molecule has 0 bridgehead atoms. The third-order valence-electron chi connectivity index (χ3n) is 3.25. The predicted molar refractivity (Wildman–Crippen MR) is 90.9 cm³/mol. The number of sulfonamides is 1. The Bertz CT molecular complexity index is 596. The second-order valence-electron chi connectivity index (χ2n) is 5.63. The Kier molecular flexibility index (Phi) is 6.77.